The number of hydrogen-bond donors (Lipinski definition) is 2. The molecule has 2 N–H and O–H groups in total. The highest BCUT2D eigenvalue weighted by molar-refractivity contribution is 5.43. The van der Waals surface area contributed by atoms with E-state index in [4.69, 9.17) is 4.74 Å². The van der Waals surface area contributed by atoms with Crippen molar-refractivity contribution in [2.45, 2.75) is 38.6 Å². The summed E-state index contributed by atoms with van der Waals surface area (Å²) in [6.07, 6.45) is 3.75. The molecular weight excluding hydrogens is 278 g/mol. The average Bonchev–Trinajstić information content (AvgIpc) is 2.44. The summed E-state index contributed by atoms with van der Waals surface area (Å²) in [5.41, 5.74) is 3.14. The van der Waals surface area contributed by atoms with Crippen LogP contribution in [0.15, 0.2) is 24.3 Å². The van der Waals surface area contributed by atoms with E-state index in [1.54, 1.807) is 13.2 Å². The van der Waals surface area contributed by atoms with Gasteiger partial charge in [-0.05, 0) is 43.5 Å². The predicted octanol–water partition coefficient (Wildman–Crippen LogP) is 3.38. The minimum atomic E-state index is 0.144. The van der Waals surface area contributed by atoms with Gasteiger partial charge in [0.1, 0.15) is 0 Å². The summed E-state index contributed by atoms with van der Waals surface area (Å²) in [6.45, 7) is 2.59. The van der Waals surface area contributed by atoms with E-state index in [9.17, 15) is 5.11 Å². The highest BCUT2D eigenvalue weighted by atomic mass is 16.5. The number of anilines is 1. The topological polar surface area (TPSA) is 67.3 Å². The Kier molecular flexibility index (Phi) is 4.13. The number of benzene rings is 1. The van der Waals surface area contributed by atoms with E-state index < -0.39 is 0 Å². The van der Waals surface area contributed by atoms with Crippen LogP contribution < -0.4 is 10.1 Å². The first-order valence-electron chi connectivity index (χ1n) is 7.61. The summed E-state index contributed by atoms with van der Waals surface area (Å²) in [4.78, 5) is 9.07. The minimum absolute atomic E-state index is 0.144. The van der Waals surface area contributed by atoms with Gasteiger partial charge in [-0.2, -0.15) is 0 Å². The van der Waals surface area contributed by atoms with Crippen LogP contribution in [0.4, 0.5) is 5.95 Å². The van der Waals surface area contributed by atoms with E-state index in [0.717, 1.165) is 17.0 Å². The van der Waals surface area contributed by atoms with Gasteiger partial charge < -0.3 is 15.2 Å². The van der Waals surface area contributed by atoms with Gasteiger partial charge in [0.15, 0.2) is 11.5 Å². The molecule has 5 heteroatoms. The average molecular weight is 299 g/mol. The van der Waals surface area contributed by atoms with Gasteiger partial charge in [-0.1, -0.05) is 12.5 Å². The normalized spacial score (nSPS) is 14.5. The molecule has 116 valence electrons. The molecule has 3 rings (SSSR count). The molecule has 0 bridgehead atoms. The lowest BCUT2D eigenvalue weighted by atomic mass is 9.83. The van der Waals surface area contributed by atoms with Crippen LogP contribution in [-0.2, 0) is 6.54 Å². The molecule has 1 aromatic heterocycles. The van der Waals surface area contributed by atoms with Crippen molar-refractivity contribution < 1.29 is 9.84 Å². The van der Waals surface area contributed by atoms with Gasteiger partial charge >= 0.3 is 0 Å². The number of hydrogen-bond acceptors (Lipinski definition) is 5. The van der Waals surface area contributed by atoms with Gasteiger partial charge in [0.25, 0.3) is 0 Å². The van der Waals surface area contributed by atoms with E-state index in [1.807, 2.05) is 19.1 Å². The summed E-state index contributed by atoms with van der Waals surface area (Å²) >= 11 is 0. The molecule has 22 heavy (non-hydrogen) atoms. The Morgan fingerprint density at radius 2 is 2.09 bits per heavy atom. The van der Waals surface area contributed by atoms with E-state index in [0.29, 0.717) is 24.2 Å². The Morgan fingerprint density at radius 1 is 1.27 bits per heavy atom. The van der Waals surface area contributed by atoms with Crippen LogP contribution in [-0.4, -0.2) is 22.2 Å². The summed E-state index contributed by atoms with van der Waals surface area (Å²) in [5.74, 6) is 1.87. The van der Waals surface area contributed by atoms with Gasteiger partial charge in [0.2, 0.25) is 5.95 Å². The fourth-order valence-electron chi connectivity index (χ4n) is 2.60. The first-order chi connectivity index (χ1) is 10.7. The zero-order valence-corrected chi connectivity index (χ0v) is 13.0. The highest BCUT2D eigenvalue weighted by Crippen LogP contribution is 2.35. The lowest BCUT2D eigenvalue weighted by Crippen LogP contribution is -2.13. The molecule has 0 aliphatic heterocycles. The maximum Gasteiger partial charge on any atom is 0.223 e. The van der Waals surface area contributed by atoms with Gasteiger partial charge in [-0.3, -0.25) is 0 Å². The van der Waals surface area contributed by atoms with Crippen molar-refractivity contribution in [3.63, 3.8) is 0 Å². The SMILES string of the molecule is COc1cc(CNc2nc(C)cc(C3CCC3)n2)ccc1O. The van der Waals surface area contributed by atoms with Crippen LogP contribution in [0.5, 0.6) is 11.5 Å². The van der Waals surface area contributed by atoms with Crippen LogP contribution in [0.1, 0.15) is 42.1 Å². The number of nitrogens with zero attached hydrogens (tertiary/aromatic N) is 2. The molecular formula is C17H21N3O2. The Bertz CT molecular complexity index is 669. The molecule has 0 amide bonds. The van der Waals surface area contributed by atoms with Crippen molar-refractivity contribution in [1.29, 1.82) is 0 Å². The highest BCUT2D eigenvalue weighted by Gasteiger charge is 2.21. The van der Waals surface area contributed by atoms with Gasteiger partial charge in [-0.15, -0.1) is 0 Å². The molecule has 2 aromatic rings. The third-order valence-corrected chi connectivity index (χ3v) is 4.09. The van der Waals surface area contributed by atoms with Crippen molar-refractivity contribution in [1.82, 2.24) is 9.97 Å². The van der Waals surface area contributed by atoms with Crippen molar-refractivity contribution >= 4 is 5.95 Å². The van der Waals surface area contributed by atoms with Crippen LogP contribution in [0.25, 0.3) is 0 Å². The van der Waals surface area contributed by atoms with E-state index in [2.05, 4.69) is 21.4 Å². The fourth-order valence-corrected chi connectivity index (χ4v) is 2.60. The molecule has 1 saturated carbocycles. The molecule has 0 saturated heterocycles. The molecule has 1 aliphatic carbocycles. The van der Waals surface area contributed by atoms with E-state index in [1.165, 1.54) is 19.3 Å². The van der Waals surface area contributed by atoms with Gasteiger partial charge in [-0.25, -0.2) is 9.97 Å². The first kappa shape index (κ1) is 14.6. The maximum atomic E-state index is 9.62. The maximum absolute atomic E-state index is 9.62. The van der Waals surface area contributed by atoms with Crippen molar-refractivity contribution in [3.8, 4) is 11.5 Å². The second-order valence-electron chi connectivity index (χ2n) is 5.75. The largest absolute Gasteiger partial charge is 0.504 e. The molecule has 0 unspecified atom stereocenters. The number of phenolic OH excluding ortho intramolecular Hbond substituents is 1. The number of aryl methyl sites for hydroxylation is 1. The zero-order valence-electron chi connectivity index (χ0n) is 13.0. The predicted molar refractivity (Wildman–Crippen MR) is 85.3 cm³/mol. The molecule has 0 spiro atoms. The second-order valence-corrected chi connectivity index (χ2v) is 5.75. The number of nitrogens with one attached hydrogen (secondary N) is 1. The minimum Gasteiger partial charge on any atom is -0.504 e. The first-order valence-corrected chi connectivity index (χ1v) is 7.61. The Labute approximate surface area is 130 Å². The third kappa shape index (κ3) is 3.13. The molecule has 0 atom stereocenters. The van der Waals surface area contributed by atoms with Crippen molar-refractivity contribution in [2.75, 3.05) is 12.4 Å². The number of aromatic nitrogens is 2. The molecule has 0 radical (unpaired) electrons. The summed E-state index contributed by atoms with van der Waals surface area (Å²) in [6, 6.07) is 7.38. The number of methoxy groups -OCH3 is 1. The number of aromatic hydroxyl groups is 1. The van der Waals surface area contributed by atoms with Crippen molar-refractivity contribution in [3.05, 3.63) is 41.2 Å². The van der Waals surface area contributed by atoms with Crippen LogP contribution >= 0.6 is 0 Å². The summed E-state index contributed by atoms with van der Waals surface area (Å²) in [7, 11) is 1.54. The molecule has 1 fully saturated rings. The lowest BCUT2D eigenvalue weighted by molar-refractivity contribution is 0.373. The van der Waals surface area contributed by atoms with E-state index in [-0.39, 0.29) is 5.75 Å². The standard InChI is InChI=1S/C17H21N3O2/c1-11-8-14(13-4-3-5-13)20-17(19-11)18-10-12-6-7-15(21)16(9-12)22-2/h6-9,13,21H,3-5,10H2,1-2H3,(H,18,19,20). The number of rotatable bonds is 5. The number of phenols is 1. The molecule has 1 aromatic carbocycles. The molecule has 5 nitrogen and oxygen atoms in total. The van der Waals surface area contributed by atoms with Crippen LogP contribution in [0.2, 0.25) is 0 Å². The third-order valence-electron chi connectivity index (χ3n) is 4.09. The smallest absolute Gasteiger partial charge is 0.223 e. The van der Waals surface area contributed by atoms with Crippen molar-refractivity contribution in [2.24, 2.45) is 0 Å². The van der Waals surface area contributed by atoms with Gasteiger partial charge in [0, 0.05) is 23.9 Å². The Hall–Kier alpha value is -2.30. The van der Waals surface area contributed by atoms with Crippen LogP contribution in [0, 0.1) is 6.92 Å². The van der Waals surface area contributed by atoms with Crippen LogP contribution in [0.3, 0.4) is 0 Å². The molecule has 1 aliphatic rings. The zero-order chi connectivity index (χ0) is 15.5. The molecule has 1 heterocycles. The van der Waals surface area contributed by atoms with E-state index >= 15 is 0 Å². The monoisotopic (exact) mass is 299 g/mol. The van der Waals surface area contributed by atoms with Gasteiger partial charge in [0.05, 0.1) is 7.11 Å². The summed E-state index contributed by atoms with van der Waals surface area (Å²) in [5, 5.41) is 12.9. The second kappa shape index (κ2) is 6.22. The Balaban J connectivity index is 1.72. The fraction of sp³-hybridized carbons (Fsp3) is 0.412. The summed E-state index contributed by atoms with van der Waals surface area (Å²) < 4.78 is 5.12. The number of ether oxygens (including phenoxy) is 1. The lowest BCUT2D eigenvalue weighted by Gasteiger charge is -2.25. The quantitative estimate of drug-likeness (QED) is 0.886. The Morgan fingerprint density at radius 3 is 2.77 bits per heavy atom.